The van der Waals surface area contributed by atoms with E-state index in [1.165, 1.54) is 28.8 Å². The van der Waals surface area contributed by atoms with Crippen molar-refractivity contribution in [2.45, 2.75) is 24.6 Å². The zero-order valence-corrected chi connectivity index (χ0v) is 18.5. The fraction of sp³-hybridized carbons (Fsp3) is 0.292. The van der Waals surface area contributed by atoms with Crippen LogP contribution >= 0.6 is 11.8 Å². The summed E-state index contributed by atoms with van der Waals surface area (Å²) in [5.74, 6) is -0.694. The van der Waals surface area contributed by atoms with Crippen LogP contribution in [0.15, 0.2) is 53.4 Å². The quantitative estimate of drug-likeness (QED) is 0.529. The van der Waals surface area contributed by atoms with Gasteiger partial charge in [0.2, 0.25) is 11.6 Å². The van der Waals surface area contributed by atoms with E-state index in [1.54, 1.807) is 24.3 Å². The Labute approximate surface area is 196 Å². The van der Waals surface area contributed by atoms with Crippen LogP contribution in [0.4, 0.5) is 18.0 Å². The van der Waals surface area contributed by atoms with E-state index < -0.39 is 35.0 Å². The molecule has 2 aliphatic heterocycles. The molecular weight excluding hydrogens is 471 g/mol. The number of fused-ring (bicyclic) bond motifs is 2. The van der Waals surface area contributed by atoms with Crippen molar-refractivity contribution < 1.29 is 37.0 Å². The number of carbonyl (C=O) groups excluding carboxylic acids is 3. The fourth-order valence-corrected chi connectivity index (χ4v) is 5.58. The number of carbonyl (C=O) groups is 3. The molecule has 5 rings (SSSR count). The number of hydrogen-bond donors (Lipinski definition) is 0. The summed E-state index contributed by atoms with van der Waals surface area (Å²) in [7, 11) is 0. The predicted molar refractivity (Wildman–Crippen MR) is 117 cm³/mol. The molecule has 1 amide bonds. The van der Waals surface area contributed by atoms with Gasteiger partial charge in [-0.2, -0.15) is 13.2 Å². The number of halogens is 3. The lowest BCUT2D eigenvalue weighted by atomic mass is 9.91. The van der Waals surface area contributed by atoms with Crippen LogP contribution in [0.5, 0.6) is 5.75 Å². The summed E-state index contributed by atoms with van der Waals surface area (Å²) in [4.78, 5) is 39.5. The molecule has 10 heteroatoms. The molecule has 1 atom stereocenters. The van der Waals surface area contributed by atoms with E-state index in [9.17, 15) is 27.6 Å². The summed E-state index contributed by atoms with van der Waals surface area (Å²) in [5.41, 5.74) is -0.907. The first-order chi connectivity index (χ1) is 16.2. The van der Waals surface area contributed by atoms with Gasteiger partial charge < -0.3 is 14.4 Å². The van der Waals surface area contributed by atoms with Gasteiger partial charge in [-0.05, 0) is 31.0 Å². The molecule has 34 heavy (non-hydrogen) atoms. The molecule has 0 N–H and O–H groups in total. The maximum atomic E-state index is 13.0. The van der Waals surface area contributed by atoms with Crippen LogP contribution in [-0.2, 0) is 15.7 Å². The molecule has 2 aromatic rings. The molecule has 6 nitrogen and oxygen atoms in total. The summed E-state index contributed by atoms with van der Waals surface area (Å²) < 4.78 is 50.5. The van der Waals surface area contributed by atoms with E-state index in [0.29, 0.717) is 36.5 Å². The van der Waals surface area contributed by atoms with Crippen LogP contribution in [0, 0.1) is 0 Å². The van der Waals surface area contributed by atoms with Crippen LogP contribution < -0.4 is 4.74 Å². The fourth-order valence-electron chi connectivity index (χ4n) is 4.37. The first-order valence-electron chi connectivity index (χ1n) is 10.6. The largest absolute Gasteiger partial charge is 0.483 e. The van der Waals surface area contributed by atoms with Gasteiger partial charge in [0, 0.05) is 23.4 Å². The second kappa shape index (κ2) is 8.19. The minimum Gasteiger partial charge on any atom is -0.483 e. The van der Waals surface area contributed by atoms with Crippen LogP contribution in [-0.4, -0.2) is 47.0 Å². The molecule has 1 unspecified atom stereocenters. The molecular formula is C24H18F3NO5S. The Kier molecular flexibility index (Phi) is 5.43. The average molecular weight is 489 g/mol. The number of benzene rings is 2. The SMILES string of the molecule is O=C1C(=O)c2ccccc2C2=C1SCC1(CCCN(C(=O)Oc3cccc(C(F)(F)F)c3)C1)O2. The molecule has 1 saturated heterocycles. The molecule has 2 heterocycles. The summed E-state index contributed by atoms with van der Waals surface area (Å²) in [6.45, 7) is 0.492. The third-order valence-corrected chi connectivity index (χ3v) is 7.33. The average Bonchev–Trinajstić information content (AvgIpc) is 2.82. The number of allylic oxidation sites excluding steroid dienone is 1. The molecule has 176 valence electrons. The van der Waals surface area contributed by atoms with Crippen LogP contribution in [0.1, 0.15) is 34.3 Å². The Bertz CT molecular complexity index is 1240. The van der Waals surface area contributed by atoms with Crippen LogP contribution in [0.25, 0.3) is 5.76 Å². The first kappa shape index (κ1) is 22.5. The standard InChI is InChI=1S/C24H18F3NO5S/c25-24(26,27)14-5-3-6-15(11-14)32-22(31)28-10-4-9-23(12-28)13-34-21-19(30)18(29)16-7-1-2-8-17(16)20(21)33-23/h1-3,5-8,11H,4,9-10,12-13H2. The monoisotopic (exact) mass is 489 g/mol. The Balaban J connectivity index is 1.36. The van der Waals surface area contributed by atoms with Crippen molar-refractivity contribution in [3.05, 3.63) is 70.1 Å². The highest BCUT2D eigenvalue weighted by Crippen LogP contribution is 2.46. The van der Waals surface area contributed by atoms with Gasteiger partial charge >= 0.3 is 12.3 Å². The van der Waals surface area contributed by atoms with Crippen molar-refractivity contribution in [3.8, 4) is 5.75 Å². The van der Waals surface area contributed by atoms with Gasteiger partial charge in [-0.1, -0.05) is 30.3 Å². The van der Waals surface area contributed by atoms with E-state index >= 15 is 0 Å². The normalized spacial score (nSPS) is 22.3. The van der Waals surface area contributed by atoms with Crippen LogP contribution in [0.3, 0.4) is 0 Å². The number of likely N-dealkylation sites (tertiary alicyclic amines) is 1. The van der Waals surface area contributed by atoms with E-state index in [1.807, 2.05) is 0 Å². The van der Waals surface area contributed by atoms with E-state index in [0.717, 1.165) is 12.1 Å². The number of amides is 1. The number of nitrogens with zero attached hydrogens (tertiary/aromatic N) is 1. The van der Waals surface area contributed by atoms with Gasteiger partial charge in [0.1, 0.15) is 22.0 Å². The molecule has 0 radical (unpaired) electrons. The first-order valence-corrected chi connectivity index (χ1v) is 11.5. The van der Waals surface area contributed by atoms with Gasteiger partial charge in [0.05, 0.1) is 12.1 Å². The lowest BCUT2D eigenvalue weighted by Gasteiger charge is -2.45. The van der Waals surface area contributed by atoms with Gasteiger partial charge in [-0.15, -0.1) is 11.8 Å². The number of rotatable bonds is 1. The van der Waals surface area contributed by atoms with Crippen molar-refractivity contribution in [2.75, 3.05) is 18.8 Å². The molecule has 0 aromatic heterocycles. The molecule has 1 spiro atoms. The minimum absolute atomic E-state index is 0.138. The lowest BCUT2D eigenvalue weighted by molar-refractivity contribution is -0.137. The minimum atomic E-state index is -4.55. The van der Waals surface area contributed by atoms with Gasteiger partial charge in [0.25, 0.3) is 0 Å². The van der Waals surface area contributed by atoms with Gasteiger partial charge in [-0.3, -0.25) is 9.59 Å². The summed E-state index contributed by atoms with van der Waals surface area (Å²) in [5, 5.41) is 0. The van der Waals surface area contributed by atoms with Crippen molar-refractivity contribution in [1.82, 2.24) is 4.90 Å². The number of alkyl halides is 3. The predicted octanol–water partition coefficient (Wildman–Crippen LogP) is 4.94. The molecule has 0 bridgehead atoms. The smallest absolute Gasteiger partial charge is 0.416 e. The van der Waals surface area contributed by atoms with Crippen molar-refractivity contribution >= 4 is 35.2 Å². The number of piperidine rings is 1. The van der Waals surface area contributed by atoms with E-state index in [-0.39, 0.29) is 22.8 Å². The van der Waals surface area contributed by atoms with Crippen molar-refractivity contribution in [2.24, 2.45) is 0 Å². The Hall–Kier alpha value is -3.27. The number of Topliss-reactive ketones (excluding diaryl/α,β-unsaturated/α-hetero) is 2. The number of thioether (sulfide) groups is 1. The lowest BCUT2D eigenvalue weighted by Crippen LogP contribution is -2.55. The molecule has 1 aliphatic carbocycles. The third-order valence-electron chi connectivity index (χ3n) is 6.00. The second-order valence-corrected chi connectivity index (χ2v) is 9.34. The topological polar surface area (TPSA) is 72.9 Å². The van der Waals surface area contributed by atoms with Crippen molar-refractivity contribution in [1.29, 1.82) is 0 Å². The van der Waals surface area contributed by atoms with Gasteiger partial charge in [0.15, 0.2) is 0 Å². The summed E-state index contributed by atoms with van der Waals surface area (Å²) in [6.07, 6.45) is -4.14. The van der Waals surface area contributed by atoms with E-state index in [4.69, 9.17) is 9.47 Å². The zero-order valence-electron chi connectivity index (χ0n) is 17.7. The third kappa shape index (κ3) is 3.96. The van der Waals surface area contributed by atoms with Crippen LogP contribution in [0.2, 0.25) is 0 Å². The molecule has 1 fully saturated rings. The number of ether oxygens (including phenoxy) is 2. The zero-order chi connectivity index (χ0) is 24.1. The van der Waals surface area contributed by atoms with E-state index in [2.05, 4.69) is 0 Å². The van der Waals surface area contributed by atoms with Gasteiger partial charge in [-0.25, -0.2) is 4.79 Å². The second-order valence-electron chi connectivity index (χ2n) is 8.35. The summed E-state index contributed by atoms with van der Waals surface area (Å²) >= 11 is 1.23. The summed E-state index contributed by atoms with van der Waals surface area (Å²) in [6, 6.07) is 10.9. The Morgan fingerprint density at radius 1 is 1.06 bits per heavy atom. The highest BCUT2D eigenvalue weighted by Gasteiger charge is 2.47. The molecule has 0 saturated carbocycles. The maximum Gasteiger partial charge on any atom is 0.416 e. The molecule has 2 aromatic carbocycles. The highest BCUT2D eigenvalue weighted by molar-refractivity contribution is 8.04. The Morgan fingerprint density at radius 2 is 1.82 bits per heavy atom. The highest BCUT2D eigenvalue weighted by atomic mass is 32.2. The molecule has 3 aliphatic rings. The van der Waals surface area contributed by atoms with Crippen molar-refractivity contribution in [3.63, 3.8) is 0 Å². The number of hydrogen-bond acceptors (Lipinski definition) is 6. The maximum absolute atomic E-state index is 13.0. The Morgan fingerprint density at radius 3 is 2.59 bits per heavy atom. The number of ketones is 2.